The van der Waals surface area contributed by atoms with Crippen LogP contribution in [0, 0.1) is 0 Å². The van der Waals surface area contributed by atoms with Gasteiger partial charge in [-0.15, -0.1) is 11.3 Å². The molecule has 1 aliphatic carbocycles. The molecule has 100 valence electrons. The molecule has 2 heterocycles. The molecule has 0 fully saturated rings. The van der Waals surface area contributed by atoms with Crippen molar-refractivity contribution in [3.8, 4) is 0 Å². The molecule has 0 aromatic carbocycles. The highest BCUT2D eigenvalue weighted by atomic mass is 35.5. The van der Waals surface area contributed by atoms with E-state index in [1.165, 1.54) is 10.4 Å². The predicted molar refractivity (Wildman–Crippen MR) is 75.2 cm³/mol. The second kappa shape index (κ2) is 4.61. The Labute approximate surface area is 118 Å². The van der Waals surface area contributed by atoms with E-state index in [9.17, 15) is 4.79 Å². The summed E-state index contributed by atoms with van der Waals surface area (Å²) in [6, 6.07) is -0.717. The van der Waals surface area contributed by atoms with Crippen LogP contribution >= 0.6 is 22.9 Å². The molecule has 5 nitrogen and oxygen atoms in total. The number of hydrogen-bond donors (Lipinski definition) is 2. The van der Waals surface area contributed by atoms with E-state index in [4.69, 9.17) is 16.7 Å². The summed E-state index contributed by atoms with van der Waals surface area (Å²) in [4.78, 5) is 21.5. The van der Waals surface area contributed by atoms with E-state index < -0.39 is 12.0 Å². The number of carbonyl (C=O) groups is 1. The first-order chi connectivity index (χ1) is 9.06. The Balaban J connectivity index is 2.14. The second-order valence-electron chi connectivity index (χ2n) is 4.58. The van der Waals surface area contributed by atoms with E-state index in [0.29, 0.717) is 5.82 Å². The Morgan fingerprint density at radius 1 is 1.47 bits per heavy atom. The van der Waals surface area contributed by atoms with Crippen LogP contribution in [-0.4, -0.2) is 27.1 Å². The van der Waals surface area contributed by atoms with Crippen molar-refractivity contribution in [1.29, 1.82) is 0 Å². The third-order valence-corrected chi connectivity index (χ3v) is 4.62. The Bertz CT molecular complexity index is 671. The van der Waals surface area contributed by atoms with Crippen molar-refractivity contribution in [2.75, 3.05) is 5.32 Å². The monoisotopic (exact) mass is 297 g/mol. The van der Waals surface area contributed by atoms with E-state index in [-0.39, 0.29) is 5.28 Å². The number of nitrogens with zero attached hydrogens (tertiary/aromatic N) is 2. The summed E-state index contributed by atoms with van der Waals surface area (Å²) in [6.07, 6.45) is 3.19. The lowest BCUT2D eigenvalue weighted by molar-refractivity contribution is -0.137. The fourth-order valence-corrected chi connectivity index (χ4v) is 3.82. The zero-order valence-electron chi connectivity index (χ0n) is 10.2. The van der Waals surface area contributed by atoms with Crippen molar-refractivity contribution in [2.24, 2.45) is 0 Å². The van der Waals surface area contributed by atoms with Gasteiger partial charge in [-0.25, -0.2) is 9.97 Å². The average Bonchev–Trinajstić information content (AvgIpc) is 2.87. The van der Waals surface area contributed by atoms with Crippen LogP contribution in [-0.2, 0) is 17.6 Å². The van der Waals surface area contributed by atoms with Gasteiger partial charge in [0.1, 0.15) is 16.7 Å². The van der Waals surface area contributed by atoms with Crippen LogP contribution in [0.25, 0.3) is 10.2 Å². The molecule has 0 radical (unpaired) electrons. The fourth-order valence-electron chi connectivity index (χ4n) is 2.34. The predicted octanol–water partition coefficient (Wildman–Crippen LogP) is 2.72. The minimum Gasteiger partial charge on any atom is -0.480 e. The number of fused-ring (bicyclic) bond motifs is 3. The zero-order valence-corrected chi connectivity index (χ0v) is 11.8. The zero-order chi connectivity index (χ0) is 13.6. The highest BCUT2D eigenvalue weighted by Crippen LogP contribution is 2.40. The van der Waals surface area contributed by atoms with Crippen LogP contribution in [0.2, 0.25) is 5.28 Å². The van der Waals surface area contributed by atoms with Crippen LogP contribution in [0.3, 0.4) is 0 Å². The van der Waals surface area contributed by atoms with Gasteiger partial charge in [0.15, 0.2) is 0 Å². The quantitative estimate of drug-likeness (QED) is 0.852. The van der Waals surface area contributed by atoms with Gasteiger partial charge in [-0.1, -0.05) is 0 Å². The maximum atomic E-state index is 11.0. The first-order valence-electron chi connectivity index (χ1n) is 6.03. The van der Waals surface area contributed by atoms with Gasteiger partial charge < -0.3 is 10.4 Å². The van der Waals surface area contributed by atoms with Crippen LogP contribution in [0.4, 0.5) is 5.82 Å². The first kappa shape index (κ1) is 12.6. The van der Waals surface area contributed by atoms with Crippen LogP contribution < -0.4 is 5.32 Å². The van der Waals surface area contributed by atoms with Crippen LogP contribution in [0.15, 0.2) is 0 Å². The number of rotatable bonds is 3. The first-order valence-corrected chi connectivity index (χ1v) is 7.23. The SMILES string of the molecule is CC(Nc1nc(Cl)nc2sc3c(c12)CCC3)C(=O)O. The van der Waals surface area contributed by atoms with Gasteiger partial charge in [0.05, 0.1) is 5.39 Å². The molecule has 0 spiro atoms. The minimum absolute atomic E-state index is 0.146. The summed E-state index contributed by atoms with van der Waals surface area (Å²) in [5.74, 6) is -0.390. The molecule has 19 heavy (non-hydrogen) atoms. The molecule has 0 saturated heterocycles. The van der Waals surface area contributed by atoms with Gasteiger partial charge in [0.25, 0.3) is 0 Å². The Morgan fingerprint density at radius 2 is 2.26 bits per heavy atom. The molecule has 1 aliphatic rings. The molecular weight excluding hydrogens is 286 g/mol. The van der Waals surface area contributed by atoms with Gasteiger partial charge in [-0.2, -0.15) is 0 Å². The maximum Gasteiger partial charge on any atom is 0.325 e. The minimum atomic E-state index is -0.922. The number of thiophene rings is 1. The number of carboxylic acids is 1. The van der Waals surface area contributed by atoms with Crippen molar-refractivity contribution < 1.29 is 9.90 Å². The number of carboxylic acid groups (broad SMARTS) is 1. The summed E-state index contributed by atoms with van der Waals surface area (Å²) in [7, 11) is 0. The molecule has 2 aromatic heterocycles. The van der Waals surface area contributed by atoms with Gasteiger partial charge in [0.2, 0.25) is 5.28 Å². The Morgan fingerprint density at radius 3 is 3.00 bits per heavy atom. The number of aliphatic carboxylic acids is 1. The normalized spacial score (nSPS) is 15.5. The van der Waals surface area contributed by atoms with Crippen molar-refractivity contribution >= 4 is 44.9 Å². The van der Waals surface area contributed by atoms with Gasteiger partial charge in [-0.05, 0) is 43.4 Å². The van der Waals surface area contributed by atoms with E-state index in [2.05, 4.69) is 15.3 Å². The van der Waals surface area contributed by atoms with E-state index in [1.807, 2.05) is 0 Å². The average molecular weight is 298 g/mol. The number of anilines is 1. The van der Waals surface area contributed by atoms with E-state index >= 15 is 0 Å². The largest absolute Gasteiger partial charge is 0.480 e. The highest BCUT2D eigenvalue weighted by Gasteiger charge is 2.23. The molecule has 1 unspecified atom stereocenters. The van der Waals surface area contributed by atoms with Crippen molar-refractivity contribution in [2.45, 2.75) is 32.2 Å². The van der Waals surface area contributed by atoms with Gasteiger partial charge >= 0.3 is 5.97 Å². The summed E-state index contributed by atoms with van der Waals surface area (Å²) in [5, 5.41) is 13.0. The van der Waals surface area contributed by atoms with E-state index in [1.54, 1.807) is 18.3 Å². The molecule has 0 aliphatic heterocycles. The lowest BCUT2D eigenvalue weighted by Crippen LogP contribution is -2.26. The summed E-state index contributed by atoms with van der Waals surface area (Å²) < 4.78 is 0. The van der Waals surface area contributed by atoms with Gasteiger partial charge in [-0.3, -0.25) is 4.79 Å². The topological polar surface area (TPSA) is 75.1 Å². The third kappa shape index (κ3) is 2.15. The number of nitrogens with one attached hydrogen (secondary N) is 1. The van der Waals surface area contributed by atoms with Crippen molar-refractivity contribution in [1.82, 2.24) is 9.97 Å². The van der Waals surface area contributed by atoms with E-state index in [0.717, 1.165) is 29.5 Å². The number of aryl methyl sites for hydroxylation is 2. The standard InChI is InChI=1S/C12H12ClN3O2S/c1-5(11(17)18)14-9-8-6-3-2-4-7(6)19-10(8)16-12(13)15-9/h5H,2-4H2,1H3,(H,17,18)(H,14,15,16). The third-order valence-electron chi connectivity index (χ3n) is 3.26. The number of halogens is 1. The lowest BCUT2D eigenvalue weighted by Gasteiger charge is -2.11. The molecular formula is C12H12ClN3O2S. The fraction of sp³-hybridized carbons (Fsp3) is 0.417. The number of aromatic nitrogens is 2. The van der Waals surface area contributed by atoms with Crippen LogP contribution in [0.1, 0.15) is 23.8 Å². The van der Waals surface area contributed by atoms with Crippen LogP contribution in [0.5, 0.6) is 0 Å². The summed E-state index contributed by atoms with van der Waals surface area (Å²) >= 11 is 7.53. The summed E-state index contributed by atoms with van der Waals surface area (Å²) in [5.41, 5.74) is 1.25. The maximum absolute atomic E-state index is 11.0. The highest BCUT2D eigenvalue weighted by molar-refractivity contribution is 7.19. The molecule has 0 bridgehead atoms. The number of hydrogen-bond acceptors (Lipinski definition) is 5. The molecule has 2 aromatic rings. The van der Waals surface area contributed by atoms with Crippen molar-refractivity contribution in [3.05, 3.63) is 15.7 Å². The van der Waals surface area contributed by atoms with Gasteiger partial charge in [0, 0.05) is 4.88 Å². The lowest BCUT2D eigenvalue weighted by atomic mass is 10.2. The molecule has 7 heteroatoms. The molecule has 0 saturated carbocycles. The molecule has 1 atom stereocenters. The summed E-state index contributed by atoms with van der Waals surface area (Å²) in [6.45, 7) is 1.58. The second-order valence-corrected chi connectivity index (χ2v) is 6.00. The van der Waals surface area contributed by atoms with Crippen molar-refractivity contribution in [3.63, 3.8) is 0 Å². The molecule has 0 amide bonds. The molecule has 2 N–H and O–H groups in total. The molecule has 3 rings (SSSR count). The smallest absolute Gasteiger partial charge is 0.325 e. The Hall–Kier alpha value is -1.40. The Kier molecular flexibility index (Phi) is 3.06.